The molecule has 0 aliphatic carbocycles. The molecular weight excluding hydrogens is 422 g/mol. The summed E-state index contributed by atoms with van der Waals surface area (Å²) in [5.41, 5.74) is 7.42. The van der Waals surface area contributed by atoms with Gasteiger partial charge in [0.1, 0.15) is 17.6 Å². The van der Waals surface area contributed by atoms with E-state index in [-0.39, 0.29) is 17.9 Å². The van der Waals surface area contributed by atoms with E-state index in [1.54, 1.807) is 16.7 Å². The minimum absolute atomic E-state index is 0.0110. The third-order valence-electron chi connectivity index (χ3n) is 6.12. The van der Waals surface area contributed by atoms with Crippen molar-refractivity contribution in [3.63, 3.8) is 0 Å². The molecule has 1 atom stereocenters. The molecule has 3 N–H and O–H groups in total. The molecule has 1 saturated heterocycles. The van der Waals surface area contributed by atoms with Gasteiger partial charge >= 0.3 is 0 Å². The zero-order chi connectivity index (χ0) is 23.7. The highest BCUT2D eigenvalue weighted by Gasteiger charge is 2.36. The minimum atomic E-state index is -0.809. The summed E-state index contributed by atoms with van der Waals surface area (Å²) in [6, 6.07) is 8.35. The molecule has 10 heteroatoms. The van der Waals surface area contributed by atoms with Gasteiger partial charge in [-0.3, -0.25) is 14.4 Å². The summed E-state index contributed by atoms with van der Waals surface area (Å²) in [6.07, 6.45) is 0. The molecule has 2 aliphatic rings. The highest BCUT2D eigenvalue weighted by atomic mass is 16.2. The first-order valence-electron chi connectivity index (χ1n) is 11.1. The van der Waals surface area contributed by atoms with Gasteiger partial charge in [-0.2, -0.15) is 4.98 Å². The Hall–Kier alpha value is -3.69. The number of fused-ring (bicyclic) bond motifs is 1. The second kappa shape index (κ2) is 9.05. The zero-order valence-electron chi connectivity index (χ0n) is 19.1. The molecule has 1 aromatic carbocycles. The molecule has 0 bridgehead atoms. The lowest BCUT2D eigenvalue weighted by molar-refractivity contribution is -0.129. The Balaban J connectivity index is 1.71. The first-order chi connectivity index (χ1) is 15.8. The van der Waals surface area contributed by atoms with Gasteiger partial charge in [0.2, 0.25) is 17.8 Å². The Labute approximate surface area is 192 Å². The Kier molecular flexibility index (Phi) is 6.17. The van der Waals surface area contributed by atoms with E-state index in [0.29, 0.717) is 61.3 Å². The molecule has 2 aromatic rings. The van der Waals surface area contributed by atoms with Gasteiger partial charge in [-0.15, -0.1) is 0 Å². The number of aromatic nitrogens is 2. The fraction of sp³-hybridized carbons (Fsp3) is 0.435. The average Bonchev–Trinajstić information content (AvgIpc) is 3.14. The molecule has 3 heterocycles. The third-order valence-corrected chi connectivity index (χ3v) is 6.12. The lowest BCUT2D eigenvalue weighted by atomic mass is 10.1. The van der Waals surface area contributed by atoms with Gasteiger partial charge in [0, 0.05) is 44.7 Å². The van der Waals surface area contributed by atoms with E-state index >= 15 is 0 Å². The van der Waals surface area contributed by atoms with Crippen LogP contribution in [0.4, 0.5) is 11.8 Å². The van der Waals surface area contributed by atoms with E-state index in [1.807, 2.05) is 49.1 Å². The van der Waals surface area contributed by atoms with Gasteiger partial charge in [-0.25, -0.2) is 4.98 Å². The number of carbonyl (C=O) groups excluding carboxylic acids is 3. The lowest BCUT2D eigenvalue weighted by Crippen LogP contribution is -2.48. The topological polar surface area (TPSA) is 125 Å². The van der Waals surface area contributed by atoms with E-state index in [0.717, 1.165) is 0 Å². The quantitative estimate of drug-likeness (QED) is 0.675. The Morgan fingerprint density at radius 3 is 2.30 bits per heavy atom. The summed E-state index contributed by atoms with van der Waals surface area (Å²) in [5.74, 6) is 0.143. The molecule has 2 aliphatic heterocycles. The van der Waals surface area contributed by atoms with Crippen LogP contribution in [0.3, 0.4) is 0 Å². The number of anilines is 2. The van der Waals surface area contributed by atoms with Crippen LogP contribution in [-0.2, 0) is 16.1 Å². The number of benzene rings is 1. The first-order valence-corrected chi connectivity index (χ1v) is 11.1. The normalized spacial score (nSPS) is 16.7. The summed E-state index contributed by atoms with van der Waals surface area (Å²) in [4.78, 5) is 51.9. The number of hydrogen-bond acceptors (Lipinski definition) is 7. The standard InChI is InChI=1S/C23H29N7O3/c1-14(2)30-13-17-19(22(30)33)26-23(29-11-9-28(10-12-29)15(3)31)27-21(17)25-18(20(24)32)16-7-5-4-6-8-16/h4-8,14,18H,9-13H2,1-3H3,(H2,24,32)(H,25,26,27). The lowest BCUT2D eigenvalue weighted by Gasteiger charge is -2.34. The summed E-state index contributed by atoms with van der Waals surface area (Å²) >= 11 is 0. The van der Waals surface area contributed by atoms with Crippen molar-refractivity contribution in [3.05, 3.63) is 47.2 Å². The van der Waals surface area contributed by atoms with Crippen molar-refractivity contribution in [1.82, 2.24) is 19.8 Å². The van der Waals surface area contributed by atoms with Crippen molar-refractivity contribution in [2.45, 2.75) is 39.4 Å². The maximum Gasteiger partial charge on any atom is 0.273 e. The van der Waals surface area contributed by atoms with Crippen LogP contribution >= 0.6 is 0 Å². The SMILES string of the molecule is CC(=O)N1CCN(c2nc(NC(C(N)=O)c3ccccc3)c3c(n2)C(=O)N(C(C)C)C3)CC1. The van der Waals surface area contributed by atoms with Crippen molar-refractivity contribution < 1.29 is 14.4 Å². The van der Waals surface area contributed by atoms with Crippen molar-refractivity contribution in [1.29, 1.82) is 0 Å². The summed E-state index contributed by atoms with van der Waals surface area (Å²) < 4.78 is 0. The second-order valence-corrected chi connectivity index (χ2v) is 8.61. The number of carbonyl (C=O) groups is 3. The smallest absolute Gasteiger partial charge is 0.273 e. The minimum Gasteiger partial charge on any atom is -0.368 e. The molecule has 1 fully saturated rings. The molecule has 174 valence electrons. The van der Waals surface area contributed by atoms with Crippen LogP contribution in [0.15, 0.2) is 30.3 Å². The molecule has 0 spiro atoms. The van der Waals surface area contributed by atoms with Crippen LogP contribution in [0.2, 0.25) is 0 Å². The van der Waals surface area contributed by atoms with Gasteiger partial charge in [0.15, 0.2) is 0 Å². The second-order valence-electron chi connectivity index (χ2n) is 8.61. The predicted molar refractivity (Wildman–Crippen MR) is 124 cm³/mol. The fourth-order valence-corrected chi connectivity index (χ4v) is 4.18. The van der Waals surface area contributed by atoms with Gasteiger partial charge in [-0.05, 0) is 19.4 Å². The Morgan fingerprint density at radius 1 is 1.06 bits per heavy atom. The van der Waals surface area contributed by atoms with Gasteiger partial charge in [-0.1, -0.05) is 30.3 Å². The summed E-state index contributed by atoms with van der Waals surface area (Å²) in [6.45, 7) is 8.01. The highest BCUT2D eigenvalue weighted by Crippen LogP contribution is 2.32. The molecule has 0 radical (unpaired) electrons. The van der Waals surface area contributed by atoms with Gasteiger partial charge in [0.25, 0.3) is 5.91 Å². The van der Waals surface area contributed by atoms with Crippen LogP contribution in [0.5, 0.6) is 0 Å². The van der Waals surface area contributed by atoms with E-state index in [1.165, 1.54) is 0 Å². The number of rotatable bonds is 6. The molecule has 3 amide bonds. The van der Waals surface area contributed by atoms with Crippen LogP contribution in [-0.4, -0.2) is 69.7 Å². The summed E-state index contributed by atoms with van der Waals surface area (Å²) in [5, 5.41) is 3.19. The van der Waals surface area contributed by atoms with Crippen molar-refractivity contribution >= 4 is 29.5 Å². The van der Waals surface area contributed by atoms with E-state index in [9.17, 15) is 14.4 Å². The van der Waals surface area contributed by atoms with Crippen LogP contribution in [0.1, 0.15) is 48.4 Å². The highest BCUT2D eigenvalue weighted by molar-refractivity contribution is 5.98. The maximum absolute atomic E-state index is 13.1. The zero-order valence-corrected chi connectivity index (χ0v) is 19.1. The molecule has 33 heavy (non-hydrogen) atoms. The Morgan fingerprint density at radius 2 is 1.73 bits per heavy atom. The van der Waals surface area contributed by atoms with E-state index in [4.69, 9.17) is 10.7 Å². The van der Waals surface area contributed by atoms with Crippen molar-refractivity contribution in [3.8, 4) is 0 Å². The first kappa shape index (κ1) is 22.5. The molecule has 10 nitrogen and oxygen atoms in total. The van der Waals surface area contributed by atoms with Crippen LogP contribution < -0.4 is 16.0 Å². The molecule has 1 unspecified atom stereocenters. The Bertz CT molecular complexity index is 1070. The number of nitrogens with zero attached hydrogens (tertiary/aromatic N) is 5. The number of amides is 3. The summed E-state index contributed by atoms with van der Waals surface area (Å²) in [7, 11) is 0. The fourth-order valence-electron chi connectivity index (χ4n) is 4.18. The monoisotopic (exact) mass is 451 g/mol. The number of hydrogen-bond donors (Lipinski definition) is 2. The van der Waals surface area contributed by atoms with Gasteiger partial charge < -0.3 is 25.8 Å². The molecule has 0 saturated carbocycles. The number of primary amides is 1. The average molecular weight is 452 g/mol. The molecular formula is C23H29N7O3. The largest absolute Gasteiger partial charge is 0.368 e. The van der Waals surface area contributed by atoms with Crippen LogP contribution in [0.25, 0.3) is 0 Å². The third kappa shape index (κ3) is 4.46. The molecule has 4 rings (SSSR count). The number of piperazine rings is 1. The van der Waals surface area contributed by atoms with E-state index < -0.39 is 11.9 Å². The molecule has 1 aromatic heterocycles. The van der Waals surface area contributed by atoms with Crippen LogP contribution in [0, 0.1) is 0 Å². The number of nitrogens with one attached hydrogen (secondary N) is 1. The van der Waals surface area contributed by atoms with E-state index in [2.05, 4.69) is 10.3 Å². The predicted octanol–water partition coefficient (Wildman–Crippen LogP) is 1.15. The van der Waals surface area contributed by atoms with Gasteiger partial charge in [0.05, 0.1) is 6.54 Å². The number of nitrogens with two attached hydrogens (primary N) is 1. The van der Waals surface area contributed by atoms with Crippen molar-refractivity contribution in [2.75, 3.05) is 36.4 Å². The maximum atomic E-state index is 13.1. The van der Waals surface area contributed by atoms with Crippen molar-refractivity contribution in [2.24, 2.45) is 5.73 Å².